The quantitative estimate of drug-likeness (QED) is 0.146. The summed E-state index contributed by atoms with van der Waals surface area (Å²) in [6.07, 6.45) is 11.6. The van der Waals surface area contributed by atoms with E-state index in [2.05, 4.69) is 79.1 Å². The maximum Gasteiger partial charge on any atom is 0.235 e. The Balaban J connectivity index is 0.818. The van der Waals surface area contributed by atoms with Gasteiger partial charge in [-0.05, 0) is 86.9 Å². The number of imide groups is 1. The average Bonchev–Trinajstić information content (AvgIpc) is 3.56. The highest BCUT2D eigenvalue weighted by Gasteiger charge is 2.32. The van der Waals surface area contributed by atoms with Gasteiger partial charge in [-0.15, -0.1) is 0 Å². The van der Waals surface area contributed by atoms with E-state index in [0.717, 1.165) is 122 Å². The molecule has 4 aromatic rings. The number of anilines is 5. The first kappa shape index (κ1) is 39.4. The second kappa shape index (κ2) is 16.8. The van der Waals surface area contributed by atoms with Crippen molar-refractivity contribution in [3.05, 3.63) is 83.1 Å². The van der Waals surface area contributed by atoms with Gasteiger partial charge in [0.05, 0.1) is 35.2 Å². The Morgan fingerprint density at radius 2 is 1.79 bits per heavy atom. The van der Waals surface area contributed by atoms with Gasteiger partial charge in [-0.3, -0.25) is 24.5 Å². The molecule has 3 N–H and O–H groups in total. The maximum absolute atomic E-state index is 12.6. The molecule has 304 valence electrons. The Labute approximate surface area is 345 Å². The number of likely N-dealkylation sites (N-methyl/N-ethyl adjacent to an activating group) is 1. The van der Waals surface area contributed by atoms with Crippen LogP contribution in [0.1, 0.15) is 62.1 Å². The predicted octanol–water partition coefficient (Wildman–Crippen LogP) is 5.96. The zero-order chi connectivity index (χ0) is 40.5. The minimum absolute atomic E-state index is 0.209. The van der Waals surface area contributed by atoms with E-state index in [-0.39, 0.29) is 11.8 Å². The molecule has 7 heterocycles. The minimum atomic E-state index is -0.395. The van der Waals surface area contributed by atoms with E-state index in [4.69, 9.17) is 26.7 Å². The normalized spacial score (nSPS) is 19.3. The van der Waals surface area contributed by atoms with Crippen LogP contribution in [0.2, 0.25) is 5.02 Å². The zero-order valence-corrected chi connectivity index (χ0v) is 34.5. The summed E-state index contributed by atoms with van der Waals surface area (Å²) in [5, 5.41) is 15.2. The van der Waals surface area contributed by atoms with Crippen molar-refractivity contribution in [3.63, 3.8) is 0 Å². The van der Waals surface area contributed by atoms with Crippen molar-refractivity contribution in [1.29, 1.82) is 0 Å². The van der Waals surface area contributed by atoms with E-state index >= 15 is 0 Å². The molecule has 4 aliphatic heterocycles. The molecule has 4 aliphatic rings. The standard InChI is InChI=1S/C43H53ClN12O2/c1-27(45-3)6-7-30-22-31-23-32(25-46-41(31)52(4)28(30)2)48-40-36(44)26-47-43(50-40)56-20-18-54(19-21-56)15-12-29-13-16-55(17-14-29)33-8-9-34-37(24-33)53(5)51-39(34)35-10-11-38(57)49-42(35)58/h8-9,22-26,29,35,45H,1-2,6-7,10-21H2,3-5H3,(H,47,48,50)(H,49,57,58). The fourth-order valence-corrected chi connectivity index (χ4v) is 8.74. The Hall–Kier alpha value is -5.47. The number of amides is 2. The molecule has 3 aromatic heterocycles. The average molecular weight is 805 g/mol. The number of allylic oxidation sites excluding steroid dienone is 2. The third-order valence-corrected chi connectivity index (χ3v) is 12.6. The molecule has 14 nitrogen and oxygen atoms in total. The molecule has 1 unspecified atom stereocenters. The number of pyridine rings is 1. The Bertz CT molecular complexity index is 2270. The third kappa shape index (κ3) is 8.26. The maximum atomic E-state index is 12.6. The van der Waals surface area contributed by atoms with Gasteiger partial charge >= 0.3 is 0 Å². The van der Waals surface area contributed by atoms with Crippen LogP contribution in [-0.2, 0) is 16.6 Å². The predicted molar refractivity (Wildman–Crippen MR) is 232 cm³/mol. The Morgan fingerprint density at radius 1 is 1.00 bits per heavy atom. The first-order valence-electron chi connectivity index (χ1n) is 20.4. The first-order valence-corrected chi connectivity index (χ1v) is 20.7. The van der Waals surface area contributed by atoms with Crippen LogP contribution in [0.3, 0.4) is 0 Å². The highest BCUT2D eigenvalue weighted by molar-refractivity contribution is 6.32. The van der Waals surface area contributed by atoms with Crippen LogP contribution in [0.4, 0.5) is 29.0 Å². The van der Waals surface area contributed by atoms with Crippen molar-refractivity contribution in [2.24, 2.45) is 13.0 Å². The largest absolute Gasteiger partial charge is 0.392 e. The molecule has 0 saturated carbocycles. The van der Waals surface area contributed by atoms with Gasteiger partial charge in [-0.1, -0.05) is 24.8 Å². The van der Waals surface area contributed by atoms with E-state index in [1.807, 2.05) is 30.7 Å². The molecular weight excluding hydrogens is 752 g/mol. The van der Waals surface area contributed by atoms with Crippen LogP contribution in [0, 0.1) is 5.92 Å². The highest BCUT2D eigenvalue weighted by Crippen LogP contribution is 2.37. The van der Waals surface area contributed by atoms with Gasteiger partial charge in [0.25, 0.3) is 0 Å². The third-order valence-electron chi connectivity index (χ3n) is 12.3. The van der Waals surface area contributed by atoms with E-state index in [0.29, 0.717) is 35.5 Å². The van der Waals surface area contributed by atoms with Crippen molar-refractivity contribution < 1.29 is 9.59 Å². The van der Waals surface area contributed by atoms with E-state index in [9.17, 15) is 9.59 Å². The monoisotopic (exact) mass is 804 g/mol. The summed E-state index contributed by atoms with van der Waals surface area (Å²) < 4.78 is 1.86. The molecule has 3 saturated heterocycles. The van der Waals surface area contributed by atoms with Gasteiger partial charge in [-0.2, -0.15) is 10.1 Å². The van der Waals surface area contributed by atoms with Gasteiger partial charge in [0.1, 0.15) is 10.8 Å². The van der Waals surface area contributed by atoms with Crippen molar-refractivity contribution in [1.82, 2.24) is 40.3 Å². The van der Waals surface area contributed by atoms with Gasteiger partial charge in [-0.25, -0.2) is 9.97 Å². The lowest BCUT2D eigenvalue weighted by Gasteiger charge is -2.37. The molecule has 1 aromatic carbocycles. The molecule has 2 amide bonds. The van der Waals surface area contributed by atoms with Crippen molar-refractivity contribution in [2.45, 2.75) is 50.9 Å². The summed E-state index contributed by atoms with van der Waals surface area (Å²) in [5.41, 5.74) is 7.84. The van der Waals surface area contributed by atoms with E-state index < -0.39 is 5.92 Å². The van der Waals surface area contributed by atoms with Crippen LogP contribution in [-0.4, -0.2) is 101 Å². The molecular formula is C43H53ClN12O2. The van der Waals surface area contributed by atoms with Gasteiger partial charge in [0.2, 0.25) is 17.8 Å². The molecule has 58 heavy (non-hydrogen) atoms. The molecule has 0 bridgehead atoms. The second-order valence-corrected chi connectivity index (χ2v) is 16.3. The van der Waals surface area contributed by atoms with Crippen LogP contribution >= 0.6 is 11.6 Å². The molecule has 3 fully saturated rings. The molecule has 0 aliphatic carbocycles. The van der Waals surface area contributed by atoms with Crippen LogP contribution in [0.15, 0.2) is 66.8 Å². The van der Waals surface area contributed by atoms with Gasteiger partial charge in [0.15, 0.2) is 5.82 Å². The summed E-state index contributed by atoms with van der Waals surface area (Å²) in [6, 6.07) is 8.52. The zero-order valence-electron chi connectivity index (χ0n) is 33.7. The minimum Gasteiger partial charge on any atom is -0.392 e. The van der Waals surface area contributed by atoms with Crippen molar-refractivity contribution >= 4 is 69.4 Å². The lowest BCUT2D eigenvalue weighted by atomic mass is 9.92. The number of piperazine rings is 1. The van der Waals surface area contributed by atoms with Gasteiger partial charge in [0, 0.05) is 94.9 Å². The number of rotatable bonds is 12. The summed E-state index contributed by atoms with van der Waals surface area (Å²) in [7, 11) is 5.81. The molecule has 0 spiro atoms. The summed E-state index contributed by atoms with van der Waals surface area (Å²) in [6.45, 7) is 15.1. The number of piperidine rings is 2. The number of nitrogens with zero attached hydrogens (tertiary/aromatic N) is 9. The number of hydrogen-bond donors (Lipinski definition) is 3. The van der Waals surface area contributed by atoms with E-state index in [1.54, 1.807) is 12.4 Å². The van der Waals surface area contributed by atoms with Crippen LogP contribution in [0.25, 0.3) is 17.0 Å². The fourth-order valence-electron chi connectivity index (χ4n) is 8.60. The molecule has 1 atom stereocenters. The number of halogens is 1. The summed E-state index contributed by atoms with van der Waals surface area (Å²) >= 11 is 6.62. The SMILES string of the molecule is C=C(CCC1=Cc2cc(Nc3nc(N4CCN(CCC5CCN(c6ccc7c(C8CCC(=O)NC8=O)nn(C)c7c6)CC5)CC4)ncc3Cl)cnc2N(C)C1=C)NC. The second-order valence-electron chi connectivity index (χ2n) is 15.9. The van der Waals surface area contributed by atoms with Crippen molar-refractivity contribution in [2.75, 3.05) is 79.9 Å². The van der Waals surface area contributed by atoms with Gasteiger partial charge < -0.3 is 25.3 Å². The molecule has 8 rings (SSSR count). The number of fused-ring (bicyclic) bond motifs is 2. The summed E-state index contributed by atoms with van der Waals surface area (Å²) in [4.78, 5) is 47.8. The Morgan fingerprint density at radius 3 is 2.55 bits per heavy atom. The fraction of sp³-hybridized carbons (Fsp3) is 0.442. The van der Waals surface area contributed by atoms with E-state index in [1.165, 1.54) is 12.1 Å². The molecule has 15 heteroatoms. The van der Waals surface area contributed by atoms with Crippen LogP contribution < -0.4 is 30.7 Å². The topological polar surface area (TPSA) is 140 Å². The summed E-state index contributed by atoms with van der Waals surface area (Å²) in [5.74, 6) is 1.92. The number of aromatic nitrogens is 5. The smallest absolute Gasteiger partial charge is 0.235 e. The first-order chi connectivity index (χ1) is 28.0. The number of hydrogen-bond acceptors (Lipinski definition) is 12. The number of nitrogens with one attached hydrogen (secondary N) is 3. The Kier molecular flexibility index (Phi) is 11.4. The number of benzene rings is 1. The lowest BCUT2D eigenvalue weighted by Crippen LogP contribution is -2.47. The molecule has 0 radical (unpaired) electrons. The highest BCUT2D eigenvalue weighted by atomic mass is 35.5. The van der Waals surface area contributed by atoms with Crippen molar-refractivity contribution in [3.8, 4) is 0 Å². The number of aryl methyl sites for hydroxylation is 1. The lowest BCUT2D eigenvalue weighted by molar-refractivity contribution is -0.134. The van der Waals surface area contributed by atoms with Crippen LogP contribution in [0.5, 0.6) is 0 Å². The number of carbonyl (C=O) groups is 2. The number of carbonyl (C=O) groups excluding carboxylic acids is 2.